The van der Waals surface area contributed by atoms with Gasteiger partial charge in [-0.15, -0.1) is 0 Å². The van der Waals surface area contributed by atoms with E-state index in [0.717, 1.165) is 30.2 Å². The molecular formula is C17H26N2OS. The molecule has 4 heteroatoms. The van der Waals surface area contributed by atoms with E-state index in [-0.39, 0.29) is 0 Å². The van der Waals surface area contributed by atoms with Crippen molar-refractivity contribution in [1.29, 1.82) is 0 Å². The number of nitrogens with zero attached hydrogens (tertiary/aromatic N) is 1. The minimum absolute atomic E-state index is 0.393. The smallest absolute Gasteiger partial charge is 0.129 e. The Hall–Kier alpha value is -1.13. The van der Waals surface area contributed by atoms with Gasteiger partial charge < -0.3 is 15.4 Å². The molecule has 2 rings (SSSR count). The molecule has 2 unspecified atom stereocenters. The summed E-state index contributed by atoms with van der Waals surface area (Å²) in [5.41, 5.74) is 6.54. The van der Waals surface area contributed by atoms with Gasteiger partial charge in [-0.3, -0.25) is 0 Å². The maximum Gasteiger partial charge on any atom is 0.129 e. The van der Waals surface area contributed by atoms with Gasteiger partial charge in [0.05, 0.1) is 12.2 Å². The lowest BCUT2D eigenvalue weighted by atomic mass is 9.93. The molecule has 1 saturated heterocycles. The zero-order chi connectivity index (χ0) is 15.2. The first-order chi connectivity index (χ1) is 10.1. The van der Waals surface area contributed by atoms with Crippen LogP contribution in [0.3, 0.4) is 0 Å². The molecule has 0 radical (unpaired) electrons. The zero-order valence-electron chi connectivity index (χ0n) is 13.0. The minimum atomic E-state index is 0.393. The van der Waals surface area contributed by atoms with Crippen LogP contribution in [0.25, 0.3) is 0 Å². The third-order valence-electron chi connectivity index (χ3n) is 4.28. The predicted molar refractivity (Wildman–Crippen MR) is 91.9 cm³/mol. The van der Waals surface area contributed by atoms with Gasteiger partial charge in [-0.25, -0.2) is 0 Å². The molecule has 1 fully saturated rings. The first-order valence-electron chi connectivity index (χ1n) is 7.83. The number of hydrogen-bond acceptors (Lipinski definition) is 3. The van der Waals surface area contributed by atoms with Crippen molar-refractivity contribution in [1.82, 2.24) is 4.90 Å². The highest BCUT2D eigenvalue weighted by molar-refractivity contribution is 7.80. The molecule has 0 saturated carbocycles. The molecule has 116 valence electrons. The molecule has 0 bridgehead atoms. The average molecular weight is 306 g/mol. The van der Waals surface area contributed by atoms with Gasteiger partial charge in [-0.1, -0.05) is 31.3 Å². The van der Waals surface area contributed by atoms with E-state index in [4.69, 9.17) is 22.7 Å². The van der Waals surface area contributed by atoms with Crippen molar-refractivity contribution in [3.63, 3.8) is 0 Å². The average Bonchev–Trinajstić information content (AvgIpc) is 2.45. The number of likely N-dealkylation sites (tertiary alicyclic amines) is 1. The molecule has 1 aliphatic heterocycles. The lowest BCUT2D eigenvalue weighted by molar-refractivity contribution is 0.121. The second-order valence-corrected chi connectivity index (χ2v) is 6.52. The summed E-state index contributed by atoms with van der Waals surface area (Å²) in [5, 5.41) is 0. The Morgan fingerprint density at radius 3 is 2.86 bits per heavy atom. The van der Waals surface area contributed by atoms with Crippen LogP contribution in [0.15, 0.2) is 24.3 Å². The summed E-state index contributed by atoms with van der Waals surface area (Å²) in [6.45, 7) is 7.70. The molecule has 0 aliphatic carbocycles. The van der Waals surface area contributed by atoms with Crippen molar-refractivity contribution in [2.24, 2.45) is 11.7 Å². The van der Waals surface area contributed by atoms with Crippen molar-refractivity contribution < 1.29 is 4.74 Å². The number of piperidine rings is 1. The SMILES string of the molecule is CC1CCN(CCCOc2ccccc2C(N)=S)C(C)C1. The molecule has 2 N–H and O–H groups in total. The Kier molecular flexibility index (Phi) is 6.00. The summed E-state index contributed by atoms with van der Waals surface area (Å²) in [4.78, 5) is 2.97. The Morgan fingerprint density at radius 2 is 2.14 bits per heavy atom. The fourth-order valence-corrected chi connectivity index (χ4v) is 3.20. The van der Waals surface area contributed by atoms with E-state index in [1.807, 2.05) is 24.3 Å². The molecule has 0 amide bonds. The molecule has 0 spiro atoms. The minimum Gasteiger partial charge on any atom is -0.493 e. The standard InChI is InChI=1S/C17H26N2OS/c1-13-8-10-19(14(2)12-13)9-5-11-20-16-7-4-3-6-15(16)17(18)21/h3-4,6-7,13-14H,5,8-12H2,1-2H3,(H2,18,21). The number of hydrogen-bond donors (Lipinski definition) is 1. The van der Waals surface area contributed by atoms with Gasteiger partial charge in [0.15, 0.2) is 0 Å². The molecule has 1 aromatic rings. The van der Waals surface area contributed by atoms with Crippen LogP contribution in [0.4, 0.5) is 0 Å². The van der Waals surface area contributed by atoms with Gasteiger partial charge in [0, 0.05) is 12.6 Å². The van der Waals surface area contributed by atoms with Crippen LogP contribution in [0, 0.1) is 5.92 Å². The molecule has 2 atom stereocenters. The number of thiocarbonyl (C=S) groups is 1. The summed E-state index contributed by atoms with van der Waals surface area (Å²) < 4.78 is 5.85. The van der Waals surface area contributed by atoms with Crippen LogP contribution < -0.4 is 10.5 Å². The van der Waals surface area contributed by atoms with Crippen LogP contribution in [-0.4, -0.2) is 35.6 Å². The molecule has 1 aliphatic rings. The van der Waals surface area contributed by atoms with Gasteiger partial charge >= 0.3 is 0 Å². The fourth-order valence-electron chi connectivity index (χ4n) is 3.03. The highest BCUT2D eigenvalue weighted by Gasteiger charge is 2.22. The quantitative estimate of drug-likeness (QED) is 0.647. The van der Waals surface area contributed by atoms with Crippen molar-refractivity contribution in [2.75, 3.05) is 19.7 Å². The Labute approximate surface area is 133 Å². The largest absolute Gasteiger partial charge is 0.493 e. The van der Waals surface area contributed by atoms with E-state index in [1.54, 1.807) is 0 Å². The van der Waals surface area contributed by atoms with E-state index in [9.17, 15) is 0 Å². The topological polar surface area (TPSA) is 38.5 Å². The Bertz CT molecular complexity index is 478. The van der Waals surface area contributed by atoms with Crippen molar-refractivity contribution in [2.45, 2.75) is 39.2 Å². The van der Waals surface area contributed by atoms with Gasteiger partial charge in [0.2, 0.25) is 0 Å². The molecule has 3 nitrogen and oxygen atoms in total. The lowest BCUT2D eigenvalue weighted by Gasteiger charge is -2.36. The summed E-state index contributed by atoms with van der Waals surface area (Å²) in [6, 6.07) is 8.41. The van der Waals surface area contributed by atoms with Gasteiger partial charge in [-0.05, 0) is 50.8 Å². The van der Waals surface area contributed by atoms with E-state index in [2.05, 4.69) is 18.7 Å². The van der Waals surface area contributed by atoms with Crippen molar-refractivity contribution in [3.8, 4) is 5.75 Å². The van der Waals surface area contributed by atoms with E-state index < -0.39 is 0 Å². The molecule has 0 aromatic heterocycles. The van der Waals surface area contributed by atoms with Crippen LogP contribution in [0.5, 0.6) is 5.75 Å². The number of ether oxygens (including phenoxy) is 1. The maximum atomic E-state index is 5.85. The van der Waals surface area contributed by atoms with E-state index >= 15 is 0 Å². The van der Waals surface area contributed by atoms with Gasteiger partial charge in [0.1, 0.15) is 10.7 Å². The lowest BCUT2D eigenvalue weighted by Crippen LogP contribution is -2.41. The van der Waals surface area contributed by atoms with Crippen LogP contribution in [0.2, 0.25) is 0 Å². The van der Waals surface area contributed by atoms with Crippen LogP contribution in [0.1, 0.15) is 38.7 Å². The molecular weight excluding hydrogens is 280 g/mol. The maximum absolute atomic E-state index is 5.85. The van der Waals surface area contributed by atoms with Gasteiger partial charge in [0.25, 0.3) is 0 Å². The predicted octanol–water partition coefficient (Wildman–Crippen LogP) is 3.21. The van der Waals surface area contributed by atoms with E-state index in [1.165, 1.54) is 19.4 Å². The van der Waals surface area contributed by atoms with E-state index in [0.29, 0.717) is 17.6 Å². The van der Waals surface area contributed by atoms with Crippen LogP contribution >= 0.6 is 12.2 Å². The molecule has 21 heavy (non-hydrogen) atoms. The monoisotopic (exact) mass is 306 g/mol. The Balaban J connectivity index is 1.76. The number of benzene rings is 1. The normalized spacial score (nSPS) is 23.0. The van der Waals surface area contributed by atoms with Crippen molar-refractivity contribution in [3.05, 3.63) is 29.8 Å². The molecule has 1 aromatic carbocycles. The van der Waals surface area contributed by atoms with Gasteiger partial charge in [-0.2, -0.15) is 0 Å². The summed E-state index contributed by atoms with van der Waals surface area (Å²) in [7, 11) is 0. The summed E-state index contributed by atoms with van der Waals surface area (Å²) >= 11 is 5.05. The third-order valence-corrected chi connectivity index (χ3v) is 4.50. The first kappa shape index (κ1) is 16.2. The second-order valence-electron chi connectivity index (χ2n) is 6.08. The van der Waals surface area contributed by atoms with Crippen LogP contribution in [-0.2, 0) is 0 Å². The summed E-state index contributed by atoms with van der Waals surface area (Å²) in [6.07, 6.45) is 3.66. The highest BCUT2D eigenvalue weighted by atomic mass is 32.1. The number of rotatable bonds is 6. The third kappa shape index (κ3) is 4.68. The zero-order valence-corrected chi connectivity index (χ0v) is 13.9. The van der Waals surface area contributed by atoms with Crippen molar-refractivity contribution >= 4 is 17.2 Å². The second kappa shape index (κ2) is 7.76. The first-order valence-corrected chi connectivity index (χ1v) is 8.24. The number of nitrogens with two attached hydrogens (primary N) is 1. The molecule has 1 heterocycles. The number of para-hydroxylation sites is 1. The highest BCUT2D eigenvalue weighted by Crippen LogP contribution is 2.22. The fraction of sp³-hybridized carbons (Fsp3) is 0.588. The summed E-state index contributed by atoms with van der Waals surface area (Å²) in [5.74, 6) is 1.66. The Morgan fingerprint density at radius 1 is 1.38 bits per heavy atom.